The molecule has 0 aliphatic carbocycles. The number of H-pyrrole nitrogens is 1. The molecule has 2 aromatic rings. The molecule has 3 N–H and O–H groups in total. The topological polar surface area (TPSA) is 118 Å². The average molecular weight is 474 g/mol. The van der Waals surface area contributed by atoms with Gasteiger partial charge in [-0.1, -0.05) is 30.7 Å². The molecule has 34 heavy (non-hydrogen) atoms. The summed E-state index contributed by atoms with van der Waals surface area (Å²) in [6.45, 7) is 7.21. The molecular formula is C26H35NO7. The molecule has 1 fully saturated rings. The molecule has 1 aliphatic rings. The lowest BCUT2D eigenvalue weighted by Gasteiger charge is -2.49. The van der Waals surface area contributed by atoms with Gasteiger partial charge in [-0.05, 0) is 53.0 Å². The summed E-state index contributed by atoms with van der Waals surface area (Å²) in [6, 6.07) is 7.50. The first-order valence-electron chi connectivity index (χ1n) is 11.8. The molecule has 0 spiro atoms. The minimum absolute atomic E-state index is 0.172. The van der Waals surface area contributed by atoms with Crippen LogP contribution in [0.15, 0.2) is 42.6 Å². The highest BCUT2D eigenvalue weighted by Crippen LogP contribution is 2.40. The Hall–Kier alpha value is -2.68. The second-order valence-corrected chi connectivity index (χ2v) is 9.40. The summed E-state index contributed by atoms with van der Waals surface area (Å²) in [5.74, 6) is -2.65. The molecule has 186 valence electrons. The number of carboxylic acid groups (broad SMARTS) is 1. The zero-order valence-corrected chi connectivity index (χ0v) is 20.2. The van der Waals surface area contributed by atoms with Crippen molar-refractivity contribution in [3.05, 3.63) is 48.2 Å². The monoisotopic (exact) mass is 473 g/mol. The number of nitrogens with one attached hydrogen (secondary N) is 1. The highest BCUT2D eigenvalue weighted by molar-refractivity contribution is 6.04. The number of aliphatic carboxylic acids is 1. The molecule has 1 aromatic heterocycles. The van der Waals surface area contributed by atoms with Gasteiger partial charge in [-0.3, -0.25) is 0 Å². The number of ether oxygens (including phenoxy) is 3. The van der Waals surface area contributed by atoms with Gasteiger partial charge in [0.25, 0.3) is 0 Å². The first-order chi connectivity index (χ1) is 16.0. The molecule has 3 rings (SSSR count). The summed E-state index contributed by atoms with van der Waals surface area (Å²) in [6.07, 6.45) is 6.05. The summed E-state index contributed by atoms with van der Waals surface area (Å²) in [4.78, 5) is 26.5. The third kappa shape index (κ3) is 6.05. The van der Waals surface area contributed by atoms with E-state index >= 15 is 0 Å². The third-order valence-corrected chi connectivity index (χ3v) is 6.54. The van der Waals surface area contributed by atoms with E-state index in [1.54, 1.807) is 26.1 Å². The molecule has 8 nitrogen and oxygen atoms in total. The van der Waals surface area contributed by atoms with Gasteiger partial charge in [-0.15, -0.1) is 0 Å². The molecule has 0 bridgehead atoms. The number of benzene rings is 1. The van der Waals surface area contributed by atoms with Crippen LogP contribution in [0.5, 0.6) is 0 Å². The normalized spacial score (nSPS) is 28.3. The van der Waals surface area contributed by atoms with Crippen molar-refractivity contribution in [2.24, 2.45) is 0 Å². The fraction of sp³-hybridized carbons (Fsp3) is 0.538. The molecule has 0 saturated carbocycles. The van der Waals surface area contributed by atoms with E-state index in [9.17, 15) is 14.7 Å². The summed E-state index contributed by atoms with van der Waals surface area (Å²) in [5.41, 5.74) is 0.257. The lowest BCUT2D eigenvalue weighted by Crippen LogP contribution is -2.62. The number of rotatable bonds is 10. The van der Waals surface area contributed by atoms with Gasteiger partial charge >= 0.3 is 11.9 Å². The molecule has 1 aromatic carbocycles. The zero-order chi connectivity index (χ0) is 24.9. The fourth-order valence-corrected chi connectivity index (χ4v) is 4.36. The van der Waals surface area contributed by atoms with Crippen LogP contribution >= 0.6 is 0 Å². The van der Waals surface area contributed by atoms with E-state index in [0.29, 0.717) is 12.0 Å². The van der Waals surface area contributed by atoms with E-state index in [2.05, 4.69) is 4.98 Å². The predicted molar refractivity (Wildman–Crippen MR) is 127 cm³/mol. The lowest BCUT2D eigenvalue weighted by molar-refractivity contribution is -0.352. The number of allylic oxidation sites excluding steroid dienone is 1. The fourth-order valence-electron chi connectivity index (χ4n) is 4.36. The molecule has 8 heteroatoms. The maximum atomic E-state index is 13.0. The number of aliphatic hydroxyl groups is 1. The summed E-state index contributed by atoms with van der Waals surface area (Å²) in [5, 5.41) is 20.3. The van der Waals surface area contributed by atoms with Crippen molar-refractivity contribution >= 4 is 22.8 Å². The number of carbonyl (C=O) groups is 2. The number of aromatic nitrogens is 1. The Kier molecular flexibility index (Phi) is 8.17. The van der Waals surface area contributed by atoms with Crippen LogP contribution in [-0.4, -0.2) is 56.8 Å². The number of carboxylic acids is 1. The smallest absolute Gasteiger partial charge is 0.340 e. The van der Waals surface area contributed by atoms with Crippen LogP contribution in [-0.2, 0) is 19.0 Å². The first kappa shape index (κ1) is 25.9. The Balaban J connectivity index is 1.56. The van der Waals surface area contributed by atoms with Gasteiger partial charge in [0, 0.05) is 29.6 Å². The van der Waals surface area contributed by atoms with E-state index in [1.165, 1.54) is 0 Å². The van der Waals surface area contributed by atoms with E-state index < -0.39 is 35.5 Å². The van der Waals surface area contributed by atoms with Crippen molar-refractivity contribution in [1.29, 1.82) is 0 Å². The zero-order valence-electron chi connectivity index (χ0n) is 20.2. The van der Waals surface area contributed by atoms with E-state index in [4.69, 9.17) is 19.3 Å². The SMILES string of the molecule is CC1OC(C)(O[C@H](C)CCCC/C=C/C(=O)O)C(O)CC1(C)OC(=O)c1c[nH]c2ccccc12. The maximum absolute atomic E-state index is 13.0. The standard InChI is InChI=1S/C26H35NO7/c1-17(11-7-5-6-8-14-23(29)30)32-26(4)22(28)15-25(3,18(2)33-26)34-24(31)20-16-27-21-13-10-9-12-19(20)21/h8-10,12-14,16-18,22,27-28H,5-7,11,15H2,1-4H3,(H,29,30)/b14-8+/t17-,18?,22?,25?,26?/m1/s1. The second-order valence-electron chi connectivity index (χ2n) is 9.40. The Morgan fingerprint density at radius 1 is 1.29 bits per heavy atom. The van der Waals surface area contributed by atoms with Crippen LogP contribution in [0, 0.1) is 0 Å². The summed E-state index contributed by atoms with van der Waals surface area (Å²) in [7, 11) is 0. The van der Waals surface area contributed by atoms with Crippen molar-refractivity contribution in [3.8, 4) is 0 Å². The Morgan fingerprint density at radius 3 is 2.76 bits per heavy atom. The molecule has 0 radical (unpaired) electrons. The highest BCUT2D eigenvalue weighted by atomic mass is 16.7. The molecule has 5 atom stereocenters. The van der Waals surface area contributed by atoms with Crippen molar-refractivity contribution in [3.63, 3.8) is 0 Å². The van der Waals surface area contributed by atoms with Gasteiger partial charge in [-0.2, -0.15) is 0 Å². The van der Waals surface area contributed by atoms with Gasteiger partial charge in [0.2, 0.25) is 0 Å². The maximum Gasteiger partial charge on any atom is 0.340 e. The highest BCUT2D eigenvalue weighted by Gasteiger charge is 2.53. The Labute approximate surface area is 199 Å². The average Bonchev–Trinajstić information content (AvgIpc) is 3.19. The molecule has 4 unspecified atom stereocenters. The second kappa shape index (κ2) is 10.7. The van der Waals surface area contributed by atoms with Gasteiger partial charge < -0.3 is 29.4 Å². The number of aromatic amines is 1. The lowest BCUT2D eigenvalue weighted by atomic mass is 9.86. The van der Waals surface area contributed by atoms with Crippen LogP contribution in [0.2, 0.25) is 0 Å². The van der Waals surface area contributed by atoms with Crippen molar-refractivity contribution in [1.82, 2.24) is 4.98 Å². The number of carbonyl (C=O) groups excluding carboxylic acids is 1. The number of para-hydroxylation sites is 1. The predicted octanol–water partition coefficient (Wildman–Crippen LogP) is 4.58. The van der Waals surface area contributed by atoms with E-state index in [0.717, 1.165) is 36.2 Å². The molecule has 0 amide bonds. The molecule has 2 heterocycles. The van der Waals surface area contributed by atoms with Gasteiger partial charge in [0.15, 0.2) is 5.79 Å². The largest absolute Gasteiger partial charge is 0.478 e. The Morgan fingerprint density at radius 2 is 2.03 bits per heavy atom. The molecule has 1 aliphatic heterocycles. The quantitative estimate of drug-likeness (QED) is 0.263. The molecular weight excluding hydrogens is 438 g/mol. The van der Waals surface area contributed by atoms with Crippen molar-refractivity contribution < 1.29 is 34.0 Å². The number of esters is 1. The van der Waals surface area contributed by atoms with Crippen LogP contribution in [0.4, 0.5) is 0 Å². The number of unbranched alkanes of at least 4 members (excludes halogenated alkanes) is 2. The van der Waals surface area contributed by atoms with Crippen LogP contribution in [0.1, 0.15) is 70.2 Å². The number of fused-ring (bicyclic) bond motifs is 1. The summed E-state index contributed by atoms with van der Waals surface area (Å²) < 4.78 is 18.1. The van der Waals surface area contributed by atoms with Gasteiger partial charge in [0.05, 0.1) is 17.8 Å². The van der Waals surface area contributed by atoms with Gasteiger partial charge in [0.1, 0.15) is 11.7 Å². The Bertz CT molecular complexity index is 1030. The van der Waals surface area contributed by atoms with Crippen LogP contribution < -0.4 is 0 Å². The summed E-state index contributed by atoms with van der Waals surface area (Å²) >= 11 is 0. The van der Waals surface area contributed by atoms with Crippen molar-refractivity contribution in [2.75, 3.05) is 0 Å². The number of aliphatic hydroxyl groups excluding tert-OH is 1. The van der Waals surface area contributed by atoms with Crippen LogP contribution in [0.3, 0.4) is 0 Å². The minimum Gasteiger partial charge on any atom is -0.478 e. The van der Waals surface area contributed by atoms with Crippen molar-refractivity contribution in [2.45, 2.75) is 89.5 Å². The minimum atomic E-state index is -1.23. The van der Waals surface area contributed by atoms with E-state index in [-0.39, 0.29) is 12.5 Å². The third-order valence-electron chi connectivity index (χ3n) is 6.54. The van der Waals surface area contributed by atoms with Crippen LogP contribution in [0.25, 0.3) is 10.9 Å². The van der Waals surface area contributed by atoms with Gasteiger partial charge in [-0.25, -0.2) is 9.59 Å². The number of hydrogen-bond donors (Lipinski definition) is 3. The molecule has 1 saturated heterocycles. The first-order valence-corrected chi connectivity index (χ1v) is 11.8. The van der Waals surface area contributed by atoms with E-state index in [1.807, 2.05) is 38.1 Å². The number of hydrogen-bond acceptors (Lipinski definition) is 6.